The number of nitrogens with zero attached hydrogens (tertiary/aromatic N) is 1. The lowest BCUT2D eigenvalue weighted by molar-refractivity contribution is 0.242. The van der Waals surface area contributed by atoms with E-state index in [0.29, 0.717) is 5.69 Å². The second-order valence-electron chi connectivity index (χ2n) is 4.74. The van der Waals surface area contributed by atoms with Crippen LogP contribution in [0.15, 0.2) is 17.2 Å². The standard InChI is InChI=1S/C11H19N3O3S/c1-14-4-2-3-9(7-14)13-18(16,17)11-5-10(8-15)12-6-11/h5-6,9,12-13,15H,2-4,7-8H2,1H3. The van der Waals surface area contributed by atoms with Crippen LogP contribution in [0.25, 0.3) is 0 Å². The Hall–Kier alpha value is -0.890. The lowest BCUT2D eigenvalue weighted by atomic mass is 10.1. The van der Waals surface area contributed by atoms with Gasteiger partial charge in [-0.25, -0.2) is 13.1 Å². The number of aliphatic hydroxyl groups is 1. The second-order valence-corrected chi connectivity index (χ2v) is 6.46. The van der Waals surface area contributed by atoms with Crippen LogP contribution in [0, 0.1) is 0 Å². The molecular formula is C11H19N3O3S. The maximum absolute atomic E-state index is 12.1. The Morgan fingerprint density at radius 2 is 2.39 bits per heavy atom. The fourth-order valence-electron chi connectivity index (χ4n) is 2.22. The third-order valence-corrected chi connectivity index (χ3v) is 4.64. The summed E-state index contributed by atoms with van der Waals surface area (Å²) in [5, 5.41) is 8.92. The van der Waals surface area contributed by atoms with Crippen molar-refractivity contribution in [3.05, 3.63) is 18.0 Å². The minimum atomic E-state index is -3.49. The molecule has 102 valence electrons. The average Bonchev–Trinajstić information content (AvgIpc) is 2.77. The van der Waals surface area contributed by atoms with E-state index in [1.165, 1.54) is 12.3 Å². The number of hydrogen-bond acceptors (Lipinski definition) is 4. The maximum Gasteiger partial charge on any atom is 0.242 e. The normalized spacial score (nSPS) is 22.2. The van der Waals surface area contributed by atoms with Crippen molar-refractivity contribution in [3.8, 4) is 0 Å². The van der Waals surface area contributed by atoms with Gasteiger partial charge in [-0.3, -0.25) is 0 Å². The van der Waals surface area contributed by atoms with E-state index in [9.17, 15) is 8.42 Å². The molecule has 6 nitrogen and oxygen atoms in total. The average molecular weight is 273 g/mol. The molecule has 1 aromatic heterocycles. The van der Waals surface area contributed by atoms with E-state index in [4.69, 9.17) is 5.11 Å². The van der Waals surface area contributed by atoms with Crippen molar-refractivity contribution in [1.82, 2.24) is 14.6 Å². The number of likely N-dealkylation sites (N-methyl/N-ethyl adjacent to an activating group) is 1. The molecule has 0 bridgehead atoms. The number of sulfonamides is 1. The zero-order chi connectivity index (χ0) is 13.2. The Labute approximate surface area is 107 Å². The number of rotatable bonds is 4. The largest absolute Gasteiger partial charge is 0.390 e. The van der Waals surface area contributed by atoms with Gasteiger partial charge in [0, 0.05) is 24.5 Å². The number of aromatic nitrogens is 1. The van der Waals surface area contributed by atoms with Crippen LogP contribution in [0.1, 0.15) is 18.5 Å². The first-order valence-electron chi connectivity index (χ1n) is 6.00. The topological polar surface area (TPSA) is 85.4 Å². The van der Waals surface area contributed by atoms with Gasteiger partial charge in [0.1, 0.15) is 0 Å². The highest BCUT2D eigenvalue weighted by atomic mass is 32.2. The predicted molar refractivity (Wildman–Crippen MR) is 67.6 cm³/mol. The molecule has 0 saturated carbocycles. The summed E-state index contributed by atoms with van der Waals surface area (Å²) in [6.45, 7) is 1.55. The third kappa shape index (κ3) is 3.11. The Bertz CT molecular complexity index is 497. The van der Waals surface area contributed by atoms with E-state index in [1.54, 1.807) is 0 Å². The molecular weight excluding hydrogens is 254 g/mol. The molecule has 1 aromatic rings. The molecule has 2 rings (SSSR count). The summed E-state index contributed by atoms with van der Waals surface area (Å²) < 4.78 is 26.9. The molecule has 1 aliphatic rings. The quantitative estimate of drug-likeness (QED) is 0.714. The summed E-state index contributed by atoms with van der Waals surface area (Å²) in [6, 6.07) is 1.41. The summed E-state index contributed by atoms with van der Waals surface area (Å²) in [6.07, 6.45) is 3.26. The first kappa shape index (κ1) is 13.5. The second kappa shape index (κ2) is 5.40. The van der Waals surface area contributed by atoms with E-state index >= 15 is 0 Å². The van der Waals surface area contributed by atoms with Crippen molar-refractivity contribution < 1.29 is 13.5 Å². The molecule has 3 N–H and O–H groups in total. The maximum atomic E-state index is 12.1. The van der Waals surface area contributed by atoms with Crippen LogP contribution in [0.2, 0.25) is 0 Å². The Balaban J connectivity index is 2.06. The smallest absolute Gasteiger partial charge is 0.242 e. The van der Waals surface area contributed by atoms with Crippen LogP contribution in [0.3, 0.4) is 0 Å². The molecule has 0 aromatic carbocycles. The summed E-state index contributed by atoms with van der Waals surface area (Å²) >= 11 is 0. The Morgan fingerprint density at radius 3 is 3.00 bits per heavy atom. The van der Waals surface area contributed by atoms with Crippen molar-refractivity contribution in [2.75, 3.05) is 20.1 Å². The summed E-state index contributed by atoms with van der Waals surface area (Å²) in [4.78, 5) is 5.03. The van der Waals surface area contributed by atoms with E-state index < -0.39 is 10.0 Å². The molecule has 1 atom stereocenters. The minimum absolute atomic E-state index is 0.0405. The fourth-order valence-corrected chi connectivity index (χ4v) is 3.49. The molecule has 0 aliphatic carbocycles. The van der Waals surface area contributed by atoms with E-state index in [0.717, 1.165) is 25.9 Å². The molecule has 0 spiro atoms. The molecule has 0 radical (unpaired) electrons. The van der Waals surface area contributed by atoms with Gasteiger partial charge in [-0.05, 0) is 32.5 Å². The SMILES string of the molecule is CN1CCCC(NS(=O)(=O)c2c[nH]c(CO)c2)C1. The van der Waals surface area contributed by atoms with Crippen LogP contribution in [-0.4, -0.2) is 49.6 Å². The molecule has 18 heavy (non-hydrogen) atoms. The summed E-state index contributed by atoms with van der Waals surface area (Å²) in [5.74, 6) is 0. The van der Waals surface area contributed by atoms with Crippen LogP contribution in [0.4, 0.5) is 0 Å². The Morgan fingerprint density at radius 1 is 1.61 bits per heavy atom. The van der Waals surface area contributed by atoms with Gasteiger partial charge < -0.3 is 15.0 Å². The van der Waals surface area contributed by atoms with Gasteiger partial charge in [0.25, 0.3) is 0 Å². The van der Waals surface area contributed by atoms with Crippen molar-refractivity contribution in [2.24, 2.45) is 0 Å². The summed E-state index contributed by atoms with van der Waals surface area (Å²) in [5.41, 5.74) is 0.496. The Kier molecular flexibility index (Phi) is 4.06. The molecule has 0 amide bonds. The first-order chi connectivity index (χ1) is 8.51. The lowest BCUT2D eigenvalue weighted by Gasteiger charge is -2.29. The number of likely N-dealkylation sites (tertiary alicyclic amines) is 1. The summed E-state index contributed by atoms with van der Waals surface area (Å²) in [7, 11) is -1.50. The van der Waals surface area contributed by atoms with Crippen LogP contribution in [-0.2, 0) is 16.6 Å². The van der Waals surface area contributed by atoms with Gasteiger partial charge in [0.05, 0.1) is 11.5 Å². The van der Waals surface area contributed by atoms with Crippen molar-refractivity contribution >= 4 is 10.0 Å². The van der Waals surface area contributed by atoms with Crippen LogP contribution < -0.4 is 4.72 Å². The van der Waals surface area contributed by atoms with Gasteiger partial charge in [-0.2, -0.15) is 0 Å². The zero-order valence-corrected chi connectivity index (χ0v) is 11.2. The van der Waals surface area contributed by atoms with Gasteiger partial charge in [-0.1, -0.05) is 0 Å². The molecule has 1 saturated heterocycles. The molecule has 7 heteroatoms. The van der Waals surface area contributed by atoms with Crippen LogP contribution >= 0.6 is 0 Å². The number of aliphatic hydroxyl groups excluding tert-OH is 1. The third-order valence-electron chi connectivity index (χ3n) is 3.14. The lowest BCUT2D eigenvalue weighted by Crippen LogP contribution is -2.46. The highest BCUT2D eigenvalue weighted by Gasteiger charge is 2.24. The van der Waals surface area contributed by atoms with E-state index in [1.807, 2.05) is 7.05 Å². The highest BCUT2D eigenvalue weighted by Crippen LogP contribution is 2.14. The number of piperidine rings is 1. The van der Waals surface area contributed by atoms with Gasteiger partial charge in [0.15, 0.2) is 0 Å². The fraction of sp³-hybridized carbons (Fsp3) is 0.636. The minimum Gasteiger partial charge on any atom is -0.390 e. The van der Waals surface area contributed by atoms with E-state index in [-0.39, 0.29) is 17.5 Å². The van der Waals surface area contributed by atoms with Crippen molar-refractivity contribution in [3.63, 3.8) is 0 Å². The van der Waals surface area contributed by atoms with Crippen molar-refractivity contribution in [1.29, 1.82) is 0 Å². The highest BCUT2D eigenvalue weighted by molar-refractivity contribution is 7.89. The van der Waals surface area contributed by atoms with Gasteiger partial charge >= 0.3 is 0 Å². The van der Waals surface area contributed by atoms with Crippen molar-refractivity contribution in [2.45, 2.75) is 30.4 Å². The van der Waals surface area contributed by atoms with Gasteiger partial charge in [-0.15, -0.1) is 0 Å². The predicted octanol–water partition coefficient (Wildman–Crippen LogP) is -0.120. The first-order valence-corrected chi connectivity index (χ1v) is 7.48. The number of hydrogen-bond donors (Lipinski definition) is 3. The molecule has 1 aliphatic heterocycles. The molecule has 1 unspecified atom stereocenters. The number of aromatic amines is 1. The van der Waals surface area contributed by atoms with E-state index in [2.05, 4.69) is 14.6 Å². The van der Waals surface area contributed by atoms with Gasteiger partial charge in [0.2, 0.25) is 10.0 Å². The zero-order valence-electron chi connectivity index (χ0n) is 10.4. The monoisotopic (exact) mass is 273 g/mol. The molecule has 1 fully saturated rings. The molecule has 2 heterocycles. The number of H-pyrrole nitrogens is 1. The number of nitrogens with one attached hydrogen (secondary N) is 2. The van der Waals surface area contributed by atoms with Crippen LogP contribution in [0.5, 0.6) is 0 Å².